The molecule has 158 valence electrons. The van der Waals surface area contributed by atoms with Crippen molar-refractivity contribution < 1.29 is 5.11 Å². The highest BCUT2D eigenvalue weighted by atomic mass is 16.3. The van der Waals surface area contributed by atoms with Crippen LogP contribution >= 0.6 is 0 Å². The van der Waals surface area contributed by atoms with E-state index in [9.17, 15) is 5.11 Å². The van der Waals surface area contributed by atoms with E-state index >= 15 is 0 Å². The molecule has 7 heteroatoms. The molecule has 0 amide bonds. The maximum atomic E-state index is 9.69. The number of aromatic nitrogens is 4. The summed E-state index contributed by atoms with van der Waals surface area (Å²) in [4.78, 5) is 11.5. The van der Waals surface area contributed by atoms with E-state index in [4.69, 9.17) is 4.98 Å². The predicted molar refractivity (Wildman–Crippen MR) is 123 cm³/mol. The third kappa shape index (κ3) is 6.15. The average Bonchev–Trinajstić information content (AvgIpc) is 3.12. The van der Waals surface area contributed by atoms with Gasteiger partial charge in [-0.1, -0.05) is 35.9 Å². The van der Waals surface area contributed by atoms with Gasteiger partial charge in [-0.3, -0.25) is 5.10 Å². The van der Waals surface area contributed by atoms with E-state index in [1.807, 2.05) is 31.2 Å². The summed E-state index contributed by atoms with van der Waals surface area (Å²) in [5.74, 6) is 2.80. The minimum absolute atomic E-state index is 0.355. The van der Waals surface area contributed by atoms with Crippen molar-refractivity contribution in [1.82, 2.24) is 20.2 Å². The van der Waals surface area contributed by atoms with Crippen LogP contribution in [0.3, 0.4) is 0 Å². The smallest absolute Gasteiger partial charge is 0.156 e. The second-order valence-electron chi connectivity index (χ2n) is 7.49. The maximum absolute atomic E-state index is 9.69. The molecule has 7 nitrogen and oxygen atoms in total. The summed E-state index contributed by atoms with van der Waals surface area (Å²) in [6.45, 7) is 9.40. The number of anilines is 3. The SMILES string of the molecule is CCN(CCC(C)O)c1cc(Nc2cc(C)[nH]n2)nc(/C=C/c2ccc(C)cc2)n1. The van der Waals surface area contributed by atoms with E-state index in [-0.39, 0.29) is 6.10 Å². The zero-order valence-electron chi connectivity index (χ0n) is 18.1. The first-order chi connectivity index (χ1) is 14.4. The van der Waals surface area contributed by atoms with Crippen molar-refractivity contribution in [3.05, 3.63) is 59.0 Å². The van der Waals surface area contributed by atoms with Gasteiger partial charge in [0.05, 0.1) is 6.10 Å². The van der Waals surface area contributed by atoms with E-state index in [1.165, 1.54) is 5.56 Å². The van der Waals surface area contributed by atoms with Crippen LogP contribution in [0.4, 0.5) is 17.5 Å². The molecule has 30 heavy (non-hydrogen) atoms. The molecule has 0 aliphatic heterocycles. The standard InChI is InChI=1S/C23H30N6O/c1-5-29(13-12-18(4)30)23-15-21(25-22-14-17(3)27-28-22)24-20(26-23)11-10-19-8-6-16(2)7-9-19/h6-11,14-15,18,30H,5,12-13H2,1-4H3,(H2,24,25,26,27,28)/b11-10+. The maximum Gasteiger partial charge on any atom is 0.156 e. The fraction of sp³-hybridized carbons (Fsp3) is 0.348. The van der Waals surface area contributed by atoms with Crippen LogP contribution in [0.1, 0.15) is 42.9 Å². The Morgan fingerprint density at radius 1 is 1.10 bits per heavy atom. The molecule has 3 rings (SSSR count). The fourth-order valence-electron chi connectivity index (χ4n) is 2.99. The lowest BCUT2D eigenvalue weighted by atomic mass is 10.1. The van der Waals surface area contributed by atoms with Crippen molar-refractivity contribution in [2.24, 2.45) is 0 Å². The van der Waals surface area contributed by atoms with Crippen LogP contribution in [0.5, 0.6) is 0 Å². The molecule has 0 saturated heterocycles. The van der Waals surface area contributed by atoms with E-state index in [0.29, 0.717) is 30.4 Å². The van der Waals surface area contributed by atoms with Crippen molar-refractivity contribution >= 4 is 29.6 Å². The highest BCUT2D eigenvalue weighted by Gasteiger charge is 2.12. The number of aryl methyl sites for hydroxylation is 2. The fourth-order valence-corrected chi connectivity index (χ4v) is 2.99. The number of hydrogen-bond donors (Lipinski definition) is 3. The Bertz CT molecular complexity index is 978. The third-order valence-corrected chi connectivity index (χ3v) is 4.72. The van der Waals surface area contributed by atoms with Gasteiger partial charge in [-0.2, -0.15) is 5.10 Å². The summed E-state index contributed by atoms with van der Waals surface area (Å²) >= 11 is 0. The number of rotatable bonds is 9. The van der Waals surface area contributed by atoms with Gasteiger partial charge in [0.25, 0.3) is 0 Å². The Labute approximate surface area is 177 Å². The van der Waals surface area contributed by atoms with Crippen molar-refractivity contribution in [2.45, 2.75) is 40.2 Å². The zero-order chi connectivity index (χ0) is 21.5. The number of benzene rings is 1. The first-order valence-corrected chi connectivity index (χ1v) is 10.3. The molecule has 0 spiro atoms. The van der Waals surface area contributed by atoms with Crippen LogP contribution in [-0.2, 0) is 0 Å². The molecule has 0 saturated carbocycles. The molecule has 1 unspecified atom stereocenters. The van der Waals surface area contributed by atoms with Gasteiger partial charge in [0.1, 0.15) is 11.6 Å². The average molecular weight is 407 g/mol. The van der Waals surface area contributed by atoms with Crippen LogP contribution in [0.15, 0.2) is 36.4 Å². The quantitative estimate of drug-likeness (QED) is 0.490. The Kier molecular flexibility index (Phi) is 7.19. The Balaban J connectivity index is 1.90. The van der Waals surface area contributed by atoms with Crippen molar-refractivity contribution in [1.29, 1.82) is 0 Å². The summed E-state index contributed by atoms with van der Waals surface area (Å²) in [6.07, 6.45) is 4.24. The second kappa shape index (κ2) is 10.0. The molecule has 1 aromatic carbocycles. The topological polar surface area (TPSA) is 90.0 Å². The van der Waals surface area contributed by atoms with Gasteiger partial charge >= 0.3 is 0 Å². The van der Waals surface area contributed by atoms with Gasteiger partial charge in [0.2, 0.25) is 0 Å². The largest absolute Gasteiger partial charge is 0.393 e. The van der Waals surface area contributed by atoms with Crippen molar-refractivity contribution in [2.75, 3.05) is 23.3 Å². The number of aromatic amines is 1. The van der Waals surface area contributed by atoms with E-state index in [2.05, 4.69) is 63.5 Å². The van der Waals surface area contributed by atoms with Gasteiger partial charge in [-0.15, -0.1) is 0 Å². The summed E-state index contributed by atoms with van der Waals surface area (Å²) in [6, 6.07) is 12.1. The van der Waals surface area contributed by atoms with Crippen LogP contribution in [0.25, 0.3) is 12.2 Å². The van der Waals surface area contributed by atoms with Crippen LogP contribution in [-0.4, -0.2) is 44.5 Å². The highest BCUT2D eigenvalue weighted by Crippen LogP contribution is 2.21. The van der Waals surface area contributed by atoms with Gasteiger partial charge in [0.15, 0.2) is 11.6 Å². The molecule has 1 atom stereocenters. The van der Waals surface area contributed by atoms with Gasteiger partial charge in [-0.05, 0) is 45.8 Å². The predicted octanol–water partition coefficient (Wildman–Crippen LogP) is 4.33. The second-order valence-corrected chi connectivity index (χ2v) is 7.49. The molecule has 0 aliphatic carbocycles. The molecule has 3 aromatic rings. The summed E-state index contributed by atoms with van der Waals surface area (Å²) < 4.78 is 0. The van der Waals surface area contributed by atoms with Crippen LogP contribution in [0, 0.1) is 13.8 Å². The molecular weight excluding hydrogens is 376 g/mol. The third-order valence-electron chi connectivity index (χ3n) is 4.72. The number of aliphatic hydroxyl groups excluding tert-OH is 1. The normalized spacial score (nSPS) is 12.3. The highest BCUT2D eigenvalue weighted by molar-refractivity contribution is 5.69. The molecule has 0 fully saturated rings. The molecular formula is C23H30N6O. The molecule has 0 radical (unpaired) electrons. The van der Waals surface area contributed by atoms with Gasteiger partial charge in [-0.25, -0.2) is 9.97 Å². The monoisotopic (exact) mass is 406 g/mol. The first-order valence-electron chi connectivity index (χ1n) is 10.3. The van der Waals surface area contributed by atoms with Gasteiger partial charge in [0, 0.05) is 30.9 Å². The number of H-pyrrole nitrogens is 1. The number of hydrogen-bond acceptors (Lipinski definition) is 6. The molecule has 2 aromatic heterocycles. The first kappa shape index (κ1) is 21.5. The molecule has 0 aliphatic rings. The molecule has 2 heterocycles. The Morgan fingerprint density at radius 2 is 1.87 bits per heavy atom. The Morgan fingerprint density at radius 3 is 2.50 bits per heavy atom. The molecule has 0 bridgehead atoms. The van der Waals surface area contributed by atoms with E-state index < -0.39 is 0 Å². The van der Waals surface area contributed by atoms with E-state index in [1.54, 1.807) is 6.92 Å². The lowest BCUT2D eigenvalue weighted by molar-refractivity contribution is 0.186. The van der Waals surface area contributed by atoms with Crippen LogP contribution < -0.4 is 10.2 Å². The number of aliphatic hydroxyl groups is 1. The number of nitrogens with zero attached hydrogens (tertiary/aromatic N) is 4. The zero-order valence-corrected chi connectivity index (χ0v) is 18.1. The molecule has 3 N–H and O–H groups in total. The minimum Gasteiger partial charge on any atom is -0.393 e. The van der Waals surface area contributed by atoms with E-state index in [0.717, 1.165) is 23.6 Å². The van der Waals surface area contributed by atoms with Crippen molar-refractivity contribution in [3.8, 4) is 0 Å². The summed E-state index contributed by atoms with van der Waals surface area (Å²) in [5.41, 5.74) is 3.29. The minimum atomic E-state index is -0.355. The van der Waals surface area contributed by atoms with Gasteiger partial charge < -0.3 is 15.3 Å². The number of nitrogens with one attached hydrogen (secondary N) is 2. The lowest BCUT2D eigenvalue weighted by Gasteiger charge is -2.23. The lowest BCUT2D eigenvalue weighted by Crippen LogP contribution is -2.27. The summed E-state index contributed by atoms with van der Waals surface area (Å²) in [5, 5.41) is 20.1. The van der Waals surface area contributed by atoms with Crippen molar-refractivity contribution in [3.63, 3.8) is 0 Å². The summed E-state index contributed by atoms with van der Waals surface area (Å²) in [7, 11) is 0. The van der Waals surface area contributed by atoms with Crippen LogP contribution in [0.2, 0.25) is 0 Å². The Hall–Kier alpha value is -3.19.